The minimum Gasteiger partial charge on any atom is -0.481 e. The molecule has 0 unspecified atom stereocenters. The molecule has 2 N–H and O–H groups in total. The number of rotatable bonds is 8. The molecule has 4 heteroatoms. The number of benzene rings is 3. The Morgan fingerprint density at radius 3 is 1.65 bits per heavy atom. The standard InChI is InChI=1S/C27H24N2O2/c30-26(31)20-19-24-17-10-18-25(28-24)29-27(21-11-4-1-5-12-21,22-13-6-2-7-14-22)23-15-8-3-9-16-23/h1-18H,19-20H2,(H,28,29)(H,30,31). The lowest BCUT2D eigenvalue weighted by Gasteiger charge is -2.37. The van der Waals surface area contributed by atoms with Crippen LogP contribution in [0.1, 0.15) is 28.8 Å². The van der Waals surface area contributed by atoms with Crippen LogP contribution in [0.4, 0.5) is 5.82 Å². The number of aliphatic carboxylic acids is 1. The zero-order valence-corrected chi connectivity index (χ0v) is 17.1. The molecule has 4 nitrogen and oxygen atoms in total. The molecule has 154 valence electrons. The van der Waals surface area contributed by atoms with E-state index in [4.69, 9.17) is 10.1 Å². The fourth-order valence-electron chi connectivity index (χ4n) is 3.90. The number of nitrogens with zero attached hydrogens (tertiary/aromatic N) is 1. The Kier molecular flexibility index (Phi) is 6.08. The molecule has 0 atom stereocenters. The first-order chi connectivity index (χ1) is 15.2. The van der Waals surface area contributed by atoms with Gasteiger partial charge >= 0.3 is 5.97 Å². The largest absolute Gasteiger partial charge is 0.481 e. The zero-order valence-electron chi connectivity index (χ0n) is 17.1. The minimum atomic E-state index is -0.827. The number of nitrogens with one attached hydrogen (secondary N) is 1. The highest BCUT2D eigenvalue weighted by molar-refractivity contribution is 5.67. The average molecular weight is 409 g/mol. The number of carboxylic acid groups (broad SMARTS) is 1. The molecule has 0 fully saturated rings. The molecule has 0 bridgehead atoms. The number of carbonyl (C=O) groups is 1. The number of anilines is 1. The van der Waals surface area contributed by atoms with E-state index in [9.17, 15) is 4.79 Å². The third-order valence-electron chi connectivity index (χ3n) is 5.34. The highest BCUT2D eigenvalue weighted by atomic mass is 16.4. The van der Waals surface area contributed by atoms with Crippen molar-refractivity contribution in [3.8, 4) is 0 Å². The smallest absolute Gasteiger partial charge is 0.303 e. The maximum absolute atomic E-state index is 11.0. The Bertz CT molecular complexity index is 1030. The molecule has 0 aliphatic rings. The summed E-state index contributed by atoms with van der Waals surface area (Å²) in [6, 6.07) is 36.6. The van der Waals surface area contributed by atoms with Crippen LogP contribution in [0.5, 0.6) is 0 Å². The van der Waals surface area contributed by atoms with Gasteiger partial charge in [-0.05, 0) is 28.8 Å². The predicted molar refractivity (Wildman–Crippen MR) is 123 cm³/mol. The Balaban J connectivity index is 1.87. The lowest BCUT2D eigenvalue weighted by Crippen LogP contribution is -2.38. The second-order valence-corrected chi connectivity index (χ2v) is 7.38. The highest BCUT2D eigenvalue weighted by Gasteiger charge is 2.36. The van der Waals surface area contributed by atoms with Crippen LogP contribution in [0.2, 0.25) is 0 Å². The van der Waals surface area contributed by atoms with Gasteiger partial charge in [0.1, 0.15) is 11.4 Å². The molecule has 1 heterocycles. The molecule has 4 rings (SSSR count). The van der Waals surface area contributed by atoms with Crippen molar-refractivity contribution in [3.05, 3.63) is 132 Å². The van der Waals surface area contributed by atoms with Gasteiger partial charge in [0.2, 0.25) is 0 Å². The van der Waals surface area contributed by atoms with Crippen LogP contribution in [-0.4, -0.2) is 16.1 Å². The Hall–Kier alpha value is -3.92. The Labute approximate surface area is 182 Å². The molecule has 1 aromatic heterocycles. The quantitative estimate of drug-likeness (QED) is 0.378. The average Bonchev–Trinajstić information content (AvgIpc) is 2.83. The molecule has 0 amide bonds. The van der Waals surface area contributed by atoms with Crippen LogP contribution < -0.4 is 5.32 Å². The van der Waals surface area contributed by atoms with E-state index in [1.165, 1.54) is 0 Å². The summed E-state index contributed by atoms with van der Waals surface area (Å²) in [4.78, 5) is 15.7. The van der Waals surface area contributed by atoms with Gasteiger partial charge in [-0.2, -0.15) is 0 Å². The van der Waals surface area contributed by atoms with Gasteiger partial charge in [-0.25, -0.2) is 4.98 Å². The summed E-state index contributed by atoms with van der Waals surface area (Å²) in [5.74, 6) is -0.133. The highest BCUT2D eigenvalue weighted by Crippen LogP contribution is 2.39. The molecule has 31 heavy (non-hydrogen) atoms. The summed E-state index contributed by atoms with van der Waals surface area (Å²) in [7, 11) is 0. The lowest BCUT2D eigenvalue weighted by molar-refractivity contribution is -0.136. The molecule has 0 saturated carbocycles. The summed E-state index contributed by atoms with van der Waals surface area (Å²) in [6.45, 7) is 0. The molecule has 4 aromatic rings. The summed E-state index contributed by atoms with van der Waals surface area (Å²) >= 11 is 0. The molecule has 0 radical (unpaired) electrons. The SMILES string of the molecule is O=C(O)CCc1cccc(NC(c2ccccc2)(c2ccccc2)c2ccccc2)n1. The molecule has 0 saturated heterocycles. The van der Waals surface area contributed by atoms with Crippen LogP contribution in [0.25, 0.3) is 0 Å². The van der Waals surface area contributed by atoms with Crippen LogP contribution in [0.15, 0.2) is 109 Å². The normalized spacial score (nSPS) is 11.1. The number of hydrogen-bond acceptors (Lipinski definition) is 3. The number of aromatic nitrogens is 1. The number of hydrogen-bond donors (Lipinski definition) is 2. The van der Waals surface area contributed by atoms with Crippen molar-refractivity contribution < 1.29 is 9.90 Å². The van der Waals surface area contributed by atoms with Crippen LogP contribution in [0.3, 0.4) is 0 Å². The molecular weight excluding hydrogens is 384 g/mol. The van der Waals surface area contributed by atoms with Crippen molar-refractivity contribution in [1.29, 1.82) is 0 Å². The van der Waals surface area contributed by atoms with E-state index in [-0.39, 0.29) is 6.42 Å². The fourth-order valence-corrected chi connectivity index (χ4v) is 3.90. The Morgan fingerprint density at radius 2 is 1.19 bits per heavy atom. The van der Waals surface area contributed by atoms with Crippen molar-refractivity contribution in [2.75, 3.05) is 5.32 Å². The van der Waals surface area contributed by atoms with E-state index in [0.29, 0.717) is 12.2 Å². The molecule has 3 aromatic carbocycles. The predicted octanol–water partition coefficient (Wildman–Crippen LogP) is 5.50. The zero-order chi connectivity index (χ0) is 21.5. The van der Waals surface area contributed by atoms with E-state index in [2.05, 4.69) is 41.7 Å². The third kappa shape index (κ3) is 4.48. The van der Waals surface area contributed by atoms with Crippen molar-refractivity contribution in [2.24, 2.45) is 0 Å². The van der Waals surface area contributed by atoms with Gasteiger partial charge in [-0.15, -0.1) is 0 Å². The molecular formula is C27H24N2O2. The third-order valence-corrected chi connectivity index (χ3v) is 5.34. The first kappa shape index (κ1) is 20.4. The van der Waals surface area contributed by atoms with Gasteiger partial charge in [-0.3, -0.25) is 4.79 Å². The summed E-state index contributed by atoms with van der Waals surface area (Å²) in [5.41, 5.74) is 3.35. The number of carboxylic acids is 1. The van der Waals surface area contributed by atoms with Gasteiger partial charge in [0.15, 0.2) is 0 Å². The maximum Gasteiger partial charge on any atom is 0.303 e. The van der Waals surface area contributed by atoms with E-state index in [1.807, 2.05) is 72.8 Å². The van der Waals surface area contributed by atoms with Crippen LogP contribution >= 0.6 is 0 Å². The summed E-state index contributed by atoms with van der Waals surface area (Å²) in [5, 5.41) is 12.7. The fraction of sp³-hybridized carbons (Fsp3) is 0.111. The maximum atomic E-state index is 11.0. The lowest BCUT2D eigenvalue weighted by atomic mass is 9.77. The molecule has 0 aliphatic heterocycles. The van der Waals surface area contributed by atoms with Crippen molar-refractivity contribution in [1.82, 2.24) is 4.98 Å². The van der Waals surface area contributed by atoms with Crippen LogP contribution in [-0.2, 0) is 16.8 Å². The number of aryl methyl sites for hydroxylation is 1. The monoisotopic (exact) mass is 408 g/mol. The first-order valence-electron chi connectivity index (χ1n) is 10.3. The van der Waals surface area contributed by atoms with Crippen molar-refractivity contribution in [2.45, 2.75) is 18.4 Å². The van der Waals surface area contributed by atoms with Crippen molar-refractivity contribution >= 4 is 11.8 Å². The molecule has 0 aliphatic carbocycles. The van der Waals surface area contributed by atoms with E-state index in [1.54, 1.807) is 0 Å². The van der Waals surface area contributed by atoms with E-state index >= 15 is 0 Å². The van der Waals surface area contributed by atoms with Gasteiger partial charge in [0, 0.05) is 12.1 Å². The summed E-state index contributed by atoms with van der Waals surface area (Å²) in [6.07, 6.45) is 0.442. The second-order valence-electron chi connectivity index (χ2n) is 7.38. The van der Waals surface area contributed by atoms with Crippen LogP contribution in [0, 0.1) is 0 Å². The molecule has 0 spiro atoms. The van der Waals surface area contributed by atoms with E-state index in [0.717, 1.165) is 22.4 Å². The van der Waals surface area contributed by atoms with Crippen molar-refractivity contribution in [3.63, 3.8) is 0 Å². The van der Waals surface area contributed by atoms with E-state index < -0.39 is 11.5 Å². The topological polar surface area (TPSA) is 62.2 Å². The summed E-state index contributed by atoms with van der Waals surface area (Å²) < 4.78 is 0. The van der Waals surface area contributed by atoms with Gasteiger partial charge in [0.05, 0.1) is 6.42 Å². The Morgan fingerprint density at radius 1 is 0.710 bits per heavy atom. The second kappa shape index (κ2) is 9.26. The van der Waals surface area contributed by atoms with Gasteiger partial charge in [0.25, 0.3) is 0 Å². The van der Waals surface area contributed by atoms with Gasteiger partial charge in [-0.1, -0.05) is 97.1 Å². The minimum absolute atomic E-state index is 0.0532. The first-order valence-corrected chi connectivity index (χ1v) is 10.3. The van der Waals surface area contributed by atoms with Gasteiger partial charge < -0.3 is 10.4 Å². The number of pyridine rings is 1.